The Morgan fingerprint density at radius 1 is 1.32 bits per heavy atom. The van der Waals surface area contributed by atoms with Crippen molar-refractivity contribution < 1.29 is 0 Å². The zero-order valence-electron chi connectivity index (χ0n) is 10.6. The Morgan fingerprint density at radius 2 is 2.11 bits per heavy atom. The van der Waals surface area contributed by atoms with Gasteiger partial charge in [0.15, 0.2) is 0 Å². The lowest BCUT2D eigenvalue weighted by Crippen LogP contribution is -2.23. The summed E-state index contributed by atoms with van der Waals surface area (Å²) in [6.07, 6.45) is 5.90. The summed E-state index contributed by atoms with van der Waals surface area (Å²) >= 11 is 6.21. The van der Waals surface area contributed by atoms with Crippen LogP contribution in [0.1, 0.15) is 30.0 Å². The number of hydrogen-bond donors (Lipinski definition) is 1. The first-order valence-corrected chi connectivity index (χ1v) is 6.81. The second-order valence-electron chi connectivity index (χ2n) is 4.98. The van der Waals surface area contributed by atoms with Crippen molar-refractivity contribution in [3.8, 4) is 0 Å². The van der Waals surface area contributed by atoms with Gasteiger partial charge in [-0.3, -0.25) is 9.13 Å². The number of rotatable bonds is 4. The Morgan fingerprint density at radius 3 is 2.74 bits per heavy atom. The molecule has 2 N–H and O–H groups in total. The standard InChI is InChI=1S/C14H16ClN3O/c15-13-7-10(8-16)1-2-11(13)9-17-5-6-18(14(17)19)12-3-4-12/h1-2,5-7,12H,3-4,8-9,16H2. The molecule has 4 nitrogen and oxygen atoms in total. The maximum Gasteiger partial charge on any atom is 0.328 e. The van der Waals surface area contributed by atoms with Gasteiger partial charge in [-0.2, -0.15) is 0 Å². The molecule has 2 aromatic rings. The largest absolute Gasteiger partial charge is 0.328 e. The van der Waals surface area contributed by atoms with Crippen molar-refractivity contribution in [2.75, 3.05) is 0 Å². The Labute approximate surface area is 116 Å². The van der Waals surface area contributed by atoms with Crippen LogP contribution in [0.2, 0.25) is 5.02 Å². The van der Waals surface area contributed by atoms with Crippen LogP contribution < -0.4 is 11.4 Å². The predicted molar refractivity (Wildman–Crippen MR) is 75.4 cm³/mol. The smallest absolute Gasteiger partial charge is 0.326 e. The minimum atomic E-state index is 0.0430. The summed E-state index contributed by atoms with van der Waals surface area (Å²) < 4.78 is 3.50. The first kappa shape index (κ1) is 12.5. The molecule has 1 aliphatic rings. The van der Waals surface area contributed by atoms with E-state index in [2.05, 4.69) is 0 Å². The summed E-state index contributed by atoms with van der Waals surface area (Å²) in [5, 5.41) is 0.661. The van der Waals surface area contributed by atoms with Crippen molar-refractivity contribution in [3.63, 3.8) is 0 Å². The molecule has 0 aliphatic heterocycles. The van der Waals surface area contributed by atoms with Gasteiger partial charge in [0.2, 0.25) is 0 Å². The molecule has 0 amide bonds. The van der Waals surface area contributed by atoms with Gasteiger partial charge in [-0.25, -0.2) is 4.79 Å². The van der Waals surface area contributed by atoms with Crippen LogP contribution in [-0.2, 0) is 13.1 Å². The molecule has 0 atom stereocenters. The molecule has 1 heterocycles. The monoisotopic (exact) mass is 277 g/mol. The molecule has 1 aromatic heterocycles. The molecule has 3 rings (SSSR count). The second-order valence-corrected chi connectivity index (χ2v) is 5.38. The van der Waals surface area contributed by atoms with Crippen LogP contribution in [0.3, 0.4) is 0 Å². The third-order valence-electron chi connectivity index (χ3n) is 3.51. The van der Waals surface area contributed by atoms with E-state index in [0.717, 1.165) is 24.0 Å². The highest BCUT2D eigenvalue weighted by atomic mass is 35.5. The second kappa shape index (κ2) is 4.87. The van der Waals surface area contributed by atoms with Gasteiger partial charge in [-0.15, -0.1) is 0 Å². The molecule has 0 saturated heterocycles. The molecule has 1 aliphatic carbocycles. The quantitative estimate of drug-likeness (QED) is 0.931. The summed E-state index contributed by atoms with van der Waals surface area (Å²) in [6, 6.07) is 6.15. The van der Waals surface area contributed by atoms with Crippen molar-refractivity contribution in [3.05, 3.63) is 57.2 Å². The van der Waals surface area contributed by atoms with E-state index in [1.807, 2.05) is 35.2 Å². The van der Waals surface area contributed by atoms with E-state index in [1.54, 1.807) is 4.57 Å². The van der Waals surface area contributed by atoms with Crippen LogP contribution in [-0.4, -0.2) is 9.13 Å². The highest BCUT2D eigenvalue weighted by Gasteiger charge is 2.25. The summed E-state index contributed by atoms with van der Waals surface area (Å²) in [4.78, 5) is 12.2. The fraction of sp³-hybridized carbons (Fsp3) is 0.357. The van der Waals surface area contributed by atoms with E-state index in [-0.39, 0.29) is 5.69 Å². The average molecular weight is 278 g/mol. The van der Waals surface area contributed by atoms with Crippen LogP contribution in [0.5, 0.6) is 0 Å². The first-order valence-electron chi connectivity index (χ1n) is 6.43. The predicted octanol–water partition coefficient (Wildman–Crippen LogP) is 2.15. The van der Waals surface area contributed by atoms with Gasteiger partial charge in [-0.1, -0.05) is 23.7 Å². The maximum absolute atomic E-state index is 12.2. The van der Waals surface area contributed by atoms with E-state index in [4.69, 9.17) is 17.3 Å². The minimum absolute atomic E-state index is 0.0430. The normalized spacial score (nSPS) is 14.8. The van der Waals surface area contributed by atoms with Gasteiger partial charge in [0.25, 0.3) is 0 Å². The molecule has 1 fully saturated rings. The third kappa shape index (κ3) is 2.46. The molecule has 1 saturated carbocycles. The van der Waals surface area contributed by atoms with Crippen molar-refractivity contribution in [2.24, 2.45) is 5.73 Å². The summed E-state index contributed by atoms with van der Waals surface area (Å²) in [7, 11) is 0. The number of imidazole rings is 1. The first-order chi connectivity index (χ1) is 9.19. The zero-order chi connectivity index (χ0) is 13.4. The van der Waals surface area contributed by atoms with Gasteiger partial charge in [0.1, 0.15) is 0 Å². The highest BCUT2D eigenvalue weighted by molar-refractivity contribution is 6.31. The molecular formula is C14H16ClN3O. The average Bonchev–Trinajstić information content (AvgIpc) is 3.18. The zero-order valence-corrected chi connectivity index (χ0v) is 11.3. The lowest BCUT2D eigenvalue weighted by Gasteiger charge is -2.06. The number of aromatic nitrogens is 2. The lowest BCUT2D eigenvalue weighted by molar-refractivity contribution is 0.656. The molecule has 0 unspecified atom stereocenters. The molecule has 0 bridgehead atoms. The van der Waals surface area contributed by atoms with E-state index >= 15 is 0 Å². The SMILES string of the molecule is NCc1ccc(Cn2ccn(C3CC3)c2=O)c(Cl)c1. The van der Waals surface area contributed by atoms with E-state index in [0.29, 0.717) is 24.2 Å². The topological polar surface area (TPSA) is 52.9 Å². The van der Waals surface area contributed by atoms with Crippen molar-refractivity contribution in [1.29, 1.82) is 0 Å². The Balaban J connectivity index is 1.87. The van der Waals surface area contributed by atoms with Gasteiger partial charge >= 0.3 is 5.69 Å². The number of nitrogens with zero attached hydrogens (tertiary/aromatic N) is 2. The number of nitrogens with two attached hydrogens (primary N) is 1. The van der Waals surface area contributed by atoms with Crippen molar-refractivity contribution in [1.82, 2.24) is 9.13 Å². The molecular weight excluding hydrogens is 262 g/mol. The Hall–Kier alpha value is -1.52. The van der Waals surface area contributed by atoms with Gasteiger partial charge in [0, 0.05) is 30.0 Å². The molecule has 0 spiro atoms. The van der Waals surface area contributed by atoms with E-state index in [9.17, 15) is 4.79 Å². The van der Waals surface area contributed by atoms with Crippen LogP contribution in [0.4, 0.5) is 0 Å². The molecule has 0 radical (unpaired) electrons. The molecule has 5 heteroatoms. The van der Waals surface area contributed by atoms with Gasteiger partial charge in [0.05, 0.1) is 6.54 Å². The fourth-order valence-corrected chi connectivity index (χ4v) is 2.47. The number of halogens is 1. The summed E-state index contributed by atoms with van der Waals surface area (Å²) in [5.41, 5.74) is 7.55. The van der Waals surface area contributed by atoms with Crippen LogP contribution >= 0.6 is 11.6 Å². The lowest BCUT2D eigenvalue weighted by atomic mass is 10.1. The number of hydrogen-bond acceptors (Lipinski definition) is 2. The van der Waals surface area contributed by atoms with Crippen molar-refractivity contribution >= 4 is 11.6 Å². The molecule has 19 heavy (non-hydrogen) atoms. The van der Waals surface area contributed by atoms with E-state index < -0.39 is 0 Å². The summed E-state index contributed by atoms with van der Waals surface area (Å²) in [6.45, 7) is 0.972. The van der Waals surface area contributed by atoms with Crippen LogP contribution in [0.25, 0.3) is 0 Å². The number of benzene rings is 1. The van der Waals surface area contributed by atoms with E-state index in [1.165, 1.54) is 0 Å². The maximum atomic E-state index is 12.2. The fourth-order valence-electron chi connectivity index (χ4n) is 2.21. The Bertz CT molecular complexity index is 655. The molecule has 100 valence electrons. The minimum Gasteiger partial charge on any atom is -0.326 e. The van der Waals surface area contributed by atoms with Crippen LogP contribution in [0, 0.1) is 0 Å². The van der Waals surface area contributed by atoms with Crippen molar-refractivity contribution in [2.45, 2.75) is 32.0 Å². The molecule has 1 aromatic carbocycles. The van der Waals surface area contributed by atoms with Crippen LogP contribution in [0.15, 0.2) is 35.4 Å². The highest BCUT2D eigenvalue weighted by Crippen LogP contribution is 2.33. The van der Waals surface area contributed by atoms with Gasteiger partial charge < -0.3 is 5.73 Å². The summed E-state index contributed by atoms with van der Waals surface area (Å²) in [5.74, 6) is 0. The third-order valence-corrected chi connectivity index (χ3v) is 3.86. The van der Waals surface area contributed by atoms with Gasteiger partial charge in [-0.05, 0) is 30.0 Å². The Kier molecular flexibility index (Phi) is 3.21.